The Balaban J connectivity index is 5.11. The summed E-state index contributed by atoms with van der Waals surface area (Å²) in [5, 5.41) is 2.99. The van der Waals surface area contributed by atoms with Gasteiger partial charge in [-0.1, -0.05) is 95.8 Å². The highest BCUT2D eigenvalue weighted by molar-refractivity contribution is 5.67. The van der Waals surface area contributed by atoms with Gasteiger partial charge in [-0.15, -0.1) is 0 Å². The van der Waals surface area contributed by atoms with Crippen LogP contribution in [-0.2, 0) is 4.74 Å². The molecule has 1 N–H and O–H groups in total. The van der Waals surface area contributed by atoms with Crippen molar-refractivity contribution < 1.29 is 9.53 Å². The molecule has 0 radical (unpaired) electrons. The first-order valence-electron chi connectivity index (χ1n) is 17.6. The summed E-state index contributed by atoms with van der Waals surface area (Å²) in [4.78, 5) is 14.9. The lowest BCUT2D eigenvalue weighted by Crippen LogP contribution is -2.36. The van der Waals surface area contributed by atoms with E-state index >= 15 is 0 Å². The van der Waals surface area contributed by atoms with E-state index in [9.17, 15) is 4.79 Å². The molecule has 1 unspecified atom stereocenters. The van der Waals surface area contributed by atoms with Crippen molar-refractivity contribution in [2.75, 3.05) is 27.2 Å². The zero-order valence-corrected chi connectivity index (χ0v) is 28.1. The van der Waals surface area contributed by atoms with E-state index in [-0.39, 0.29) is 12.2 Å². The molecule has 4 heteroatoms. The van der Waals surface area contributed by atoms with Crippen molar-refractivity contribution in [2.45, 2.75) is 162 Å². The molecule has 0 saturated heterocycles. The Hall–Kier alpha value is -1.55. The quantitative estimate of drug-likeness (QED) is 0.0713. The number of hydrogen-bond acceptors (Lipinski definition) is 3. The third-order valence-corrected chi connectivity index (χ3v) is 7.79. The van der Waals surface area contributed by atoms with Crippen LogP contribution in [0.1, 0.15) is 156 Å². The van der Waals surface area contributed by atoms with Crippen LogP contribution < -0.4 is 5.32 Å². The van der Waals surface area contributed by atoms with Crippen LogP contribution in [0.3, 0.4) is 0 Å². The molecule has 0 rings (SSSR count). The minimum Gasteiger partial charge on any atom is -0.446 e. The second kappa shape index (κ2) is 31.4. The Labute approximate surface area is 256 Å². The van der Waals surface area contributed by atoms with E-state index in [1.165, 1.54) is 89.9 Å². The van der Waals surface area contributed by atoms with Gasteiger partial charge in [0.1, 0.15) is 6.10 Å². The average molecular weight is 575 g/mol. The fourth-order valence-corrected chi connectivity index (χ4v) is 5.14. The zero-order valence-electron chi connectivity index (χ0n) is 28.1. The molecule has 0 aliphatic carbocycles. The Bertz CT molecular complexity index is 615. The number of ether oxygens (including phenoxy) is 1. The maximum atomic E-state index is 12.8. The molecule has 0 bridgehead atoms. The Morgan fingerprint density at radius 2 is 1.00 bits per heavy atom. The van der Waals surface area contributed by atoms with Gasteiger partial charge >= 0.3 is 6.09 Å². The molecule has 0 aromatic rings. The maximum absolute atomic E-state index is 12.8. The minimum atomic E-state index is -0.247. The number of carbonyl (C=O) groups is 1. The maximum Gasteiger partial charge on any atom is 0.407 e. The summed E-state index contributed by atoms with van der Waals surface area (Å²) >= 11 is 0. The molecule has 0 aliphatic rings. The van der Waals surface area contributed by atoms with E-state index in [0.717, 1.165) is 51.5 Å². The molecule has 1 atom stereocenters. The third kappa shape index (κ3) is 28.3. The Morgan fingerprint density at radius 1 is 0.610 bits per heavy atom. The molecular formula is C37H70N2O2. The van der Waals surface area contributed by atoms with Crippen molar-refractivity contribution in [3.05, 3.63) is 36.5 Å². The van der Waals surface area contributed by atoms with Crippen molar-refractivity contribution in [3.63, 3.8) is 0 Å². The first-order valence-corrected chi connectivity index (χ1v) is 17.6. The molecule has 0 spiro atoms. The first kappa shape index (κ1) is 39.5. The molecule has 4 nitrogen and oxygen atoms in total. The van der Waals surface area contributed by atoms with Crippen LogP contribution in [-0.4, -0.2) is 44.3 Å². The highest BCUT2D eigenvalue weighted by Crippen LogP contribution is 2.27. The van der Waals surface area contributed by atoms with E-state index in [1.54, 1.807) is 0 Å². The number of unbranched alkanes of at least 4 members (excludes halogenated alkanes) is 12. The van der Waals surface area contributed by atoms with Gasteiger partial charge in [-0.3, -0.25) is 0 Å². The summed E-state index contributed by atoms with van der Waals surface area (Å²) < 4.78 is 6.17. The standard InChI is InChI=1S/C37H70N2O2/c1-6-9-12-15-18-21-24-27-30-35(31-28-25-22-19-16-13-10-7-2)36(41-37(40)38-33-34-39(4)5)32-29-26-23-20-17-14-11-8-3/h18-23,35-36H,6-17,24-34H2,1-5H3,(H,38,40). The number of hydrogen-bond donors (Lipinski definition) is 1. The van der Waals surface area contributed by atoms with Crippen molar-refractivity contribution >= 4 is 6.09 Å². The molecule has 1 amide bonds. The van der Waals surface area contributed by atoms with E-state index in [1.807, 2.05) is 14.1 Å². The van der Waals surface area contributed by atoms with Gasteiger partial charge in [0, 0.05) is 13.1 Å². The monoisotopic (exact) mass is 575 g/mol. The van der Waals surface area contributed by atoms with Crippen LogP contribution in [0.4, 0.5) is 4.79 Å². The number of likely N-dealkylation sites (N-methyl/N-ethyl adjacent to an activating group) is 1. The van der Waals surface area contributed by atoms with Gasteiger partial charge in [0.25, 0.3) is 0 Å². The second-order valence-electron chi connectivity index (χ2n) is 12.1. The van der Waals surface area contributed by atoms with Gasteiger partial charge in [0.2, 0.25) is 0 Å². The molecule has 0 saturated carbocycles. The SMILES string of the molecule is CCCCCC=CCCCC(CCCC=CCCCCC)C(CCCC=CCCCCC)OC(=O)NCCN(C)C. The molecule has 0 aromatic heterocycles. The van der Waals surface area contributed by atoms with Crippen molar-refractivity contribution in [1.82, 2.24) is 10.2 Å². The van der Waals surface area contributed by atoms with Crippen LogP contribution in [0, 0.1) is 5.92 Å². The number of carbonyl (C=O) groups excluding carboxylic acids is 1. The van der Waals surface area contributed by atoms with E-state index in [0.29, 0.717) is 12.5 Å². The predicted molar refractivity (Wildman–Crippen MR) is 182 cm³/mol. The van der Waals surface area contributed by atoms with Gasteiger partial charge in [0.05, 0.1) is 0 Å². The fraction of sp³-hybridized carbons (Fsp3) is 0.811. The van der Waals surface area contributed by atoms with Crippen LogP contribution >= 0.6 is 0 Å². The van der Waals surface area contributed by atoms with Gasteiger partial charge in [0.15, 0.2) is 0 Å². The van der Waals surface area contributed by atoms with E-state index < -0.39 is 0 Å². The topological polar surface area (TPSA) is 41.6 Å². The number of nitrogens with one attached hydrogen (secondary N) is 1. The molecule has 0 fully saturated rings. The summed E-state index contributed by atoms with van der Waals surface area (Å²) in [5.41, 5.74) is 0. The van der Waals surface area contributed by atoms with E-state index in [2.05, 4.69) is 67.4 Å². The second-order valence-corrected chi connectivity index (χ2v) is 12.1. The molecule has 41 heavy (non-hydrogen) atoms. The minimum absolute atomic E-state index is 0.00934. The predicted octanol–water partition coefficient (Wildman–Crippen LogP) is 11.2. The first-order chi connectivity index (χ1) is 20.0. The summed E-state index contributed by atoms with van der Waals surface area (Å²) in [6, 6.07) is 0. The summed E-state index contributed by atoms with van der Waals surface area (Å²) in [6.07, 6.45) is 39.1. The van der Waals surface area contributed by atoms with Crippen LogP contribution in [0.5, 0.6) is 0 Å². The van der Waals surface area contributed by atoms with Gasteiger partial charge < -0.3 is 15.0 Å². The van der Waals surface area contributed by atoms with Crippen molar-refractivity contribution in [1.29, 1.82) is 0 Å². The molecular weight excluding hydrogens is 504 g/mol. The summed E-state index contributed by atoms with van der Waals surface area (Å²) in [6.45, 7) is 8.22. The van der Waals surface area contributed by atoms with Gasteiger partial charge in [-0.25, -0.2) is 4.79 Å². The van der Waals surface area contributed by atoms with Crippen molar-refractivity contribution in [2.24, 2.45) is 5.92 Å². The average Bonchev–Trinajstić information content (AvgIpc) is 2.95. The summed E-state index contributed by atoms with van der Waals surface area (Å²) in [5.74, 6) is 0.421. The lowest BCUT2D eigenvalue weighted by molar-refractivity contribution is 0.0473. The highest BCUT2D eigenvalue weighted by Gasteiger charge is 2.24. The van der Waals surface area contributed by atoms with E-state index in [4.69, 9.17) is 4.74 Å². The highest BCUT2D eigenvalue weighted by atomic mass is 16.6. The number of amides is 1. The van der Waals surface area contributed by atoms with Crippen LogP contribution in [0.25, 0.3) is 0 Å². The van der Waals surface area contributed by atoms with Crippen LogP contribution in [0.15, 0.2) is 36.5 Å². The summed E-state index contributed by atoms with van der Waals surface area (Å²) in [7, 11) is 4.05. The van der Waals surface area contributed by atoms with Crippen LogP contribution in [0.2, 0.25) is 0 Å². The fourth-order valence-electron chi connectivity index (χ4n) is 5.14. The molecule has 0 aromatic carbocycles. The normalized spacial score (nSPS) is 13.6. The Kier molecular flexibility index (Phi) is 30.2. The lowest BCUT2D eigenvalue weighted by atomic mass is 9.87. The molecule has 0 heterocycles. The molecule has 0 aliphatic heterocycles. The van der Waals surface area contributed by atoms with Crippen molar-refractivity contribution in [3.8, 4) is 0 Å². The lowest BCUT2D eigenvalue weighted by Gasteiger charge is -2.27. The Morgan fingerprint density at radius 3 is 1.39 bits per heavy atom. The zero-order chi connectivity index (χ0) is 30.2. The number of allylic oxidation sites excluding steroid dienone is 6. The number of nitrogens with zero attached hydrogens (tertiary/aromatic N) is 1. The smallest absolute Gasteiger partial charge is 0.407 e. The third-order valence-electron chi connectivity index (χ3n) is 7.79. The number of rotatable bonds is 29. The molecule has 240 valence electrons. The van der Waals surface area contributed by atoms with Gasteiger partial charge in [-0.05, 0) is 116 Å². The van der Waals surface area contributed by atoms with Gasteiger partial charge in [-0.2, -0.15) is 0 Å². The number of alkyl carbamates (subject to hydrolysis) is 1. The largest absolute Gasteiger partial charge is 0.446 e.